The number of hydrogen-bond donors (Lipinski definition) is 1. The molecule has 3 heteroatoms. The van der Waals surface area contributed by atoms with E-state index >= 15 is 0 Å². The number of nitrogens with one attached hydrogen (secondary N) is 1. The standard InChI is InChI=1S/C12H21N3/c1-8(2)6-13-7-12-9(3)14-11(5)15-10(12)4/h8,13H,6-7H2,1-5H3. The van der Waals surface area contributed by atoms with Crippen molar-refractivity contribution in [2.75, 3.05) is 6.54 Å². The Morgan fingerprint density at radius 3 is 2.07 bits per heavy atom. The van der Waals surface area contributed by atoms with Crippen molar-refractivity contribution < 1.29 is 0 Å². The number of nitrogens with zero attached hydrogens (tertiary/aromatic N) is 2. The summed E-state index contributed by atoms with van der Waals surface area (Å²) in [5, 5.41) is 3.42. The third-order valence-corrected chi connectivity index (χ3v) is 2.39. The fraction of sp³-hybridized carbons (Fsp3) is 0.667. The highest BCUT2D eigenvalue weighted by atomic mass is 14.9. The minimum absolute atomic E-state index is 0.678. The Balaban J connectivity index is 2.68. The first kappa shape index (κ1) is 12.1. The Morgan fingerprint density at radius 1 is 1.07 bits per heavy atom. The van der Waals surface area contributed by atoms with Crippen LogP contribution >= 0.6 is 0 Å². The fourth-order valence-corrected chi connectivity index (χ4v) is 1.65. The maximum atomic E-state index is 4.38. The highest BCUT2D eigenvalue weighted by Gasteiger charge is 2.06. The summed E-state index contributed by atoms with van der Waals surface area (Å²) in [6.45, 7) is 12.4. The van der Waals surface area contributed by atoms with E-state index in [1.54, 1.807) is 0 Å². The van der Waals surface area contributed by atoms with Crippen LogP contribution in [0.4, 0.5) is 0 Å². The van der Waals surface area contributed by atoms with Crippen molar-refractivity contribution in [3.05, 3.63) is 22.8 Å². The van der Waals surface area contributed by atoms with Gasteiger partial charge in [0.05, 0.1) is 0 Å². The lowest BCUT2D eigenvalue weighted by Gasteiger charge is -2.11. The first-order valence-corrected chi connectivity index (χ1v) is 5.52. The van der Waals surface area contributed by atoms with Crippen LogP contribution in [-0.4, -0.2) is 16.5 Å². The summed E-state index contributed by atoms with van der Waals surface area (Å²) in [5.74, 6) is 1.54. The van der Waals surface area contributed by atoms with Crippen molar-refractivity contribution in [2.24, 2.45) is 5.92 Å². The molecular formula is C12H21N3. The molecule has 0 radical (unpaired) electrons. The van der Waals surface area contributed by atoms with Gasteiger partial charge in [-0.2, -0.15) is 0 Å². The Bertz CT molecular complexity index is 309. The molecule has 0 aliphatic rings. The van der Waals surface area contributed by atoms with Crippen molar-refractivity contribution in [1.82, 2.24) is 15.3 Å². The van der Waals surface area contributed by atoms with Crippen LogP contribution in [0, 0.1) is 26.7 Å². The number of aryl methyl sites for hydroxylation is 3. The lowest BCUT2D eigenvalue weighted by atomic mass is 10.1. The monoisotopic (exact) mass is 207 g/mol. The lowest BCUT2D eigenvalue weighted by molar-refractivity contribution is 0.549. The summed E-state index contributed by atoms with van der Waals surface area (Å²) in [7, 11) is 0. The minimum atomic E-state index is 0.678. The quantitative estimate of drug-likeness (QED) is 0.822. The maximum Gasteiger partial charge on any atom is 0.125 e. The summed E-state index contributed by atoms with van der Waals surface area (Å²) in [6, 6.07) is 0. The van der Waals surface area contributed by atoms with Gasteiger partial charge in [-0.25, -0.2) is 9.97 Å². The number of hydrogen-bond acceptors (Lipinski definition) is 3. The van der Waals surface area contributed by atoms with Gasteiger partial charge in [-0.05, 0) is 33.2 Å². The second-order valence-corrected chi connectivity index (χ2v) is 4.44. The van der Waals surface area contributed by atoms with Crippen LogP contribution in [0.3, 0.4) is 0 Å². The molecule has 0 saturated heterocycles. The van der Waals surface area contributed by atoms with E-state index in [1.165, 1.54) is 5.56 Å². The molecule has 1 aromatic heterocycles. The van der Waals surface area contributed by atoms with Gasteiger partial charge in [0.15, 0.2) is 0 Å². The molecule has 0 fully saturated rings. The molecule has 1 N–H and O–H groups in total. The molecule has 84 valence electrons. The van der Waals surface area contributed by atoms with Crippen LogP contribution in [0.2, 0.25) is 0 Å². The molecule has 0 atom stereocenters. The predicted octanol–water partition coefficient (Wildman–Crippen LogP) is 2.15. The van der Waals surface area contributed by atoms with Gasteiger partial charge in [-0.3, -0.25) is 0 Å². The molecule has 1 heterocycles. The van der Waals surface area contributed by atoms with Crippen LogP contribution < -0.4 is 5.32 Å². The Kier molecular flexibility index (Phi) is 4.21. The normalized spacial score (nSPS) is 11.1. The van der Waals surface area contributed by atoms with Crippen LogP contribution in [0.5, 0.6) is 0 Å². The second kappa shape index (κ2) is 5.21. The Hall–Kier alpha value is -0.960. The van der Waals surface area contributed by atoms with E-state index in [0.29, 0.717) is 5.92 Å². The fourth-order valence-electron chi connectivity index (χ4n) is 1.65. The van der Waals surface area contributed by atoms with Crippen molar-refractivity contribution in [3.63, 3.8) is 0 Å². The van der Waals surface area contributed by atoms with E-state index in [0.717, 1.165) is 30.3 Å². The van der Waals surface area contributed by atoms with Gasteiger partial charge < -0.3 is 5.32 Å². The molecule has 15 heavy (non-hydrogen) atoms. The van der Waals surface area contributed by atoms with Crippen LogP contribution in [0.15, 0.2) is 0 Å². The highest BCUT2D eigenvalue weighted by molar-refractivity contribution is 5.23. The SMILES string of the molecule is Cc1nc(C)c(CNCC(C)C)c(C)n1. The molecule has 0 aliphatic heterocycles. The summed E-state index contributed by atoms with van der Waals surface area (Å²) in [6.07, 6.45) is 0. The van der Waals surface area contributed by atoms with Crippen LogP contribution in [-0.2, 0) is 6.54 Å². The minimum Gasteiger partial charge on any atom is -0.312 e. The number of rotatable bonds is 4. The molecule has 0 unspecified atom stereocenters. The molecule has 1 aromatic rings. The van der Waals surface area contributed by atoms with Gasteiger partial charge in [0.1, 0.15) is 5.82 Å². The predicted molar refractivity (Wildman–Crippen MR) is 62.8 cm³/mol. The van der Waals surface area contributed by atoms with Crippen molar-refractivity contribution >= 4 is 0 Å². The van der Waals surface area contributed by atoms with E-state index in [2.05, 4.69) is 29.1 Å². The van der Waals surface area contributed by atoms with Crippen molar-refractivity contribution in [3.8, 4) is 0 Å². The third-order valence-electron chi connectivity index (χ3n) is 2.39. The zero-order valence-corrected chi connectivity index (χ0v) is 10.4. The van der Waals surface area contributed by atoms with E-state index in [9.17, 15) is 0 Å². The van der Waals surface area contributed by atoms with Crippen LogP contribution in [0.25, 0.3) is 0 Å². The van der Waals surface area contributed by atoms with E-state index in [-0.39, 0.29) is 0 Å². The average Bonchev–Trinajstić information content (AvgIpc) is 2.08. The summed E-state index contributed by atoms with van der Waals surface area (Å²) in [5.41, 5.74) is 3.42. The number of aromatic nitrogens is 2. The molecule has 0 saturated carbocycles. The van der Waals surface area contributed by atoms with Gasteiger partial charge in [0.2, 0.25) is 0 Å². The molecule has 3 nitrogen and oxygen atoms in total. The van der Waals surface area contributed by atoms with Gasteiger partial charge in [0.25, 0.3) is 0 Å². The summed E-state index contributed by atoms with van der Waals surface area (Å²) >= 11 is 0. The van der Waals surface area contributed by atoms with E-state index in [1.807, 2.05) is 20.8 Å². The van der Waals surface area contributed by atoms with Gasteiger partial charge >= 0.3 is 0 Å². The van der Waals surface area contributed by atoms with Gasteiger partial charge in [0, 0.05) is 23.5 Å². The molecule has 0 amide bonds. The Labute approximate surface area is 92.3 Å². The molecule has 0 bridgehead atoms. The topological polar surface area (TPSA) is 37.8 Å². The lowest BCUT2D eigenvalue weighted by Crippen LogP contribution is -2.21. The zero-order chi connectivity index (χ0) is 11.4. The first-order chi connectivity index (χ1) is 7.00. The van der Waals surface area contributed by atoms with Crippen molar-refractivity contribution in [1.29, 1.82) is 0 Å². The van der Waals surface area contributed by atoms with E-state index < -0.39 is 0 Å². The summed E-state index contributed by atoms with van der Waals surface area (Å²) in [4.78, 5) is 8.76. The summed E-state index contributed by atoms with van der Waals surface area (Å²) < 4.78 is 0. The molecule has 0 aliphatic carbocycles. The average molecular weight is 207 g/mol. The van der Waals surface area contributed by atoms with Gasteiger partial charge in [-0.1, -0.05) is 13.8 Å². The molecule has 0 spiro atoms. The van der Waals surface area contributed by atoms with Crippen LogP contribution in [0.1, 0.15) is 36.6 Å². The molecule has 0 aromatic carbocycles. The van der Waals surface area contributed by atoms with E-state index in [4.69, 9.17) is 0 Å². The largest absolute Gasteiger partial charge is 0.312 e. The van der Waals surface area contributed by atoms with Gasteiger partial charge in [-0.15, -0.1) is 0 Å². The third kappa shape index (κ3) is 3.59. The smallest absolute Gasteiger partial charge is 0.125 e. The molecule has 1 rings (SSSR count). The second-order valence-electron chi connectivity index (χ2n) is 4.44. The zero-order valence-electron chi connectivity index (χ0n) is 10.4. The highest BCUT2D eigenvalue weighted by Crippen LogP contribution is 2.09. The maximum absolute atomic E-state index is 4.38. The first-order valence-electron chi connectivity index (χ1n) is 5.52. The Morgan fingerprint density at radius 2 is 1.60 bits per heavy atom. The van der Waals surface area contributed by atoms with Crippen molar-refractivity contribution in [2.45, 2.75) is 41.2 Å². The molecular weight excluding hydrogens is 186 g/mol.